The molecule has 1 heterocycles. The van der Waals surface area contributed by atoms with Gasteiger partial charge in [0.15, 0.2) is 0 Å². The summed E-state index contributed by atoms with van der Waals surface area (Å²) in [5.74, 6) is 0.0103. The quantitative estimate of drug-likeness (QED) is 0.724. The Morgan fingerprint density at radius 2 is 2.33 bits per heavy atom. The highest BCUT2D eigenvalue weighted by atomic mass is 32.2. The van der Waals surface area contributed by atoms with E-state index >= 15 is 0 Å². The molecule has 0 aliphatic carbocycles. The van der Waals surface area contributed by atoms with Gasteiger partial charge < -0.3 is 11.1 Å². The molecule has 0 saturated heterocycles. The molecule has 0 fully saturated rings. The van der Waals surface area contributed by atoms with Crippen molar-refractivity contribution in [3.05, 3.63) is 29.8 Å². The molecule has 2 aromatic rings. The van der Waals surface area contributed by atoms with Crippen LogP contribution in [0.25, 0.3) is 0 Å². The van der Waals surface area contributed by atoms with Gasteiger partial charge in [0.1, 0.15) is 6.07 Å². The monoisotopic (exact) mass is 302 g/mol. The molecule has 21 heavy (non-hydrogen) atoms. The van der Waals surface area contributed by atoms with Crippen molar-refractivity contribution in [3.63, 3.8) is 0 Å². The van der Waals surface area contributed by atoms with Gasteiger partial charge in [0.2, 0.25) is 17.0 Å². The van der Waals surface area contributed by atoms with Gasteiger partial charge in [0.05, 0.1) is 16.5 Å². The van der Waals surface area contributed by atoms with Crippen LogP contribution in [0, 0.1) is 11.3 Å². The minimum atomic E-state index is -0.369. The van der Waals surface area contributed by atoms with Crippen molar-refractivity contribution in [2.45, 2.75) is 23.8 Å². The third-order valence-corrected chi connectivity index (χ3v) is 3.92. The number of hydrogen-bond acceptors (Lipinski definition) is 6. The van der Waals surface area contributed by atoms with E-state index in [4.69, 9.17) is 11.0 Å². The lowest BCUT2D eigenvalue weighted by molar-refractivity contribution is -0.115. The Morgan fingerprint density at radius 1 is 1.57 bits per heavy atom. The largest absolute Gasteiger partial charge is 0.368 e. The molecule has 1 unspecified atom stereocenters. The summed E-state index contributed by atoms with van der Waals surface area (Å²) in [5, 5.41) is 18.3. The van der Waals surface area contributed by atoms with Crippen molar-refractivity contribution in [2.24, 2.45) is 0 Å². The summed E-state index contributed by atoms with van der Waals surface area (Å²) in [6.45, 7) is 1.89. The van der Waals surface area contributed by atoms with Crippen LogP contribution in [0.15, 0.2) is 29.4 Å². The number of hydrogen-bond donors (Lipinski definition) is 3. The summed E-state index contributed by atoms with van der Waals surface area (Å²) in [4.78, 5) is 16.2. The number of nitrogen functional groups attached to an aromatic ring is 1. The molecule has 0 saturated carbocycles. The van der Waals surface area contributed by atoms with Crippen molar-refractivity contribution in [3.8, 4) is 6.07 Å². The summed E-state index contributed by atoms with van der Waals surface area (Å²) in [6.07, 6.45) is 0.597. The van der Waals surface area contributed by atoms with Crippen molar-refractivity contribution < 1.29 is 4.79 Å². The molecule has 0 aliphatic rings. The fourth-order valence-corrected chi connectivity index (χ4v) is 2.50. The number of aromatic nitrogens is 3. The number of carbonyl (C=O) groups excluding carboxylic acids is 1. The number of H-pyrrole nitrogens is 1. The SMILES string of the molecule is CCC(Sc1n[nH]c(N)n1)C(=O)Nc1ccccc1C#N. The summed E-state index contributed by atoms with van der Waals surface area (Å²) in [6, 6.07) is 8.90. The number of nitrogens with one attached hydrogen (secondary N) is 2. The number of rotatable bonds is 5. The van der Waals surface area contributed by atoms with Gasteiger partial charge in [-0.3, -0.25) is 4.79 Å². The van der Waals surface area contributed by atoms with Crippen molar-refractivity contribution in [1.29, 1.82) is 5.26 Å². The topological polar surface area (TPSA) is 120 Å². The second kappa shape index (κ2) is 6.76. The number of nitriles is 1. The number of amides is 1. The van der Waals surface area contributed by atoms with Gasteiger partial charge in [0.25, 0.3) is 0 Å². The van der Waals surface area contributed by atoms with Gasteiger partial charge in [-0.05, 0) is 18.6 Å². The molecule has 4 N–H and O–H groups in total. The first kappa shape index (κ1) is 14.9. The molecular weight excluding hydrogens is 288 g/mol. The predicted molar refractivity (Wildman–Crippen MR) is 80.5 cm³/mol. The average molecular weight is 302 g/mol. The molecule has 0 radical (unpaired) electrons. The molecule has 1 atom stereocenters. The second-order valence-corrected chi connectivity index (χ2v) is 5.33. The lowest BCUT2D eigenvalue weighted by Gasteiger charge is -2.13. The second-order valence-electron chi connectivity index (χ2n) is 4.16. The minimum absolute atomic E-state index is 0.200. The predicted octanol–water partition coefficient (Wildman–Crippen LogP) is 1.77. The van der Waals surface area contributed by atoms with Gasteiger partial charge in [-0.25, -0.2) is 5.10 Å². The van der Waals surface area contributed by atoms with Gasteiger partial charge in [-0.1, -0.05) is 30.8 Å². The molecule has 1 aromatic heterocycles. The average Bonchev–Trinajstić information content (AvgIpc) is 2.90. The summed E-state index contributed by atoms with van der Waals surface area (Å²) in [5.41, 5.74) is 6.38. The summed E-state index contributed by atoms with van der Waals surface area (Å²) < 4.78 is 0. The first-order valence-electron chi connectivity index (χ1n) is 6.28. The van der Waals surface area contributed by atoms with Crippen molar-refractivity contribution >= 4 is 29.3 Å². The van der Waals surface area contributed by atoms with E-state index in [1.807, 2.05) is 13.0 Å². The van der Waals surface area contributed by atoms with Crippen molar-refractivity contribution in [2.75, 3.05) is 11.1 Å². The van der Waals surface area contributed by atoms with Crippen LogP contribution in [-0.4, -0.2) is 26.3 Å². The molecule has 0 aliphatic heterocycles. The Hall–Kier alpha value is -2.53. The van der Waals surface area contributed by atoms with Crippen LogP contribution in [-0.2, 0) is 4.79 Å². The van der Waals surface area contributed by atoms with Crippen LogP contribution >= 0.6 is 11.8 Å². The van der Waals surface area contributed by atoms with E-state index in [0.717, 1.165) is 0 Å². The van der Waals surface area contributed by atoms with E-state index in [0.29, 0.717) is 22.8 Å². The van der Waals surface area contributed by atoms with Gasteiger partial charge in [-0.2, -0.15) is 10.2 Å². The van der Waals surface area contributed by atoms with E-state index in [9.17, 15) is 4.79 Å². The maximum absolute atomic E-state index is 12.3. The van der Waals surface area contributed by atoms with Crippen LogP contribution in [0.1, 0.15) is 18.9 Å². The van der Waals surface area contributed by atoms with Crippen LogP contribution in [0.5, 0.6) is 0 Å². The molecule has 1 amide bonds. The molecule has 1 aromatic carbocycles. The van der Waals surface area contributed by atoms with E-state index < -0.39 is 0 Å². The van der Waals surface area contributed by atoms with Crippen LogP contribution in [0.2, 0.25) is 0 Å². The zero-order valence-electron chi connectivity index (χ0n) is 11.3. The van der Waals surface area contributed by atoms with E-state index in [-0.39, 0.29) is 17.1 Å². The number of carbonyl (C=O) groups is 1. The molecule has 108 valence electrons. The maximum atomic E-state index is 12.3. The zero-order chi connectivity index (χ0) is 15.2. The Balaban J connectivity index is 2.08. The minimum Gasteiger partial charge on any atom is -0.368 e. The number of thioether (sulfide) groups is 1. The highest BCUT2D eigenvalue weighted by Gasteiger charge is 2.21. The normalized spacial score (nSPS) is 11.6. The molecule has 0 spiro atoms. The highest BCUT2D eigenvalue weighted by Crippen LogP contribution is 2.24. The van der Waals surface area contributed by atoms with Crippen LogP contribution in [0.4, 0.5) is 11.6 Å². The van der Waals surface area contributed by atoms with Gasteiger partial charge in [0, 0.05) is 0 Å². The fourth-order valence-electron chi connectivity index (χ4n) is 1.66. The lowest BCUT2D eigenvalue weighted by atomic mass is 10.2. The number of benzene rings is 1. The molecule has 7 nitrogen and oxygen atoms in total. The third kappa shape index (κ3) is 3.73. The Labute approximate surface area is 125 Å². The maximum Gasteiger partial charge on any atom is 0.238 e. The first-order valence-corrected chi connectivity index (χ1v) is 7.16. The molecule has 8 heteroatoms. The van der Waals surface area contributed by atoms with Gasteiger partial charge >= 0.3 is 0 Å². The number of para-hydroxylation sites is 1. The van der Waals surface area contributed by atoms with E-state index in [1.54, 1.807) is 24.3 Å². The Morgan fingerprint density at radius 3 is 2.95 bits per heavy atom. The summed E-state index contributed by atoms with van der Waals surface area (Å²) in [7, 11) is 0. The Bertz CT molecular complexity index is 677. The van der Waals surface area contributed by atoms with Crippen LogP contribution in [0.3, 0.4) is 0 Å². The molecule has 2 rings (SSSR count). The van der Waals surface area contributed by atoms with E-state index in [2.05, 4.69) is 20.5 Å². The smallest absolute Gasteiger partial charge is 0.238 e. The standard InChI is InChI=1S/C13H14N6OS/c1-2-10(21-13-17-12(15)18-19-13)11(20)16-9-6-4-3-5-8(9)7-14/h3-6,10H,2H2,1H3,(H,16,20)(H3,15,17,18,19). The zero-order valence-corrected chi connectivity index (χ0v) is 12.1. The Kier molecular flexibility index (Phi) is 4.79. The van der Waals surface area contributed by atoms with Crippen LogP contribution < -0.4 is 11.1 Å². The third-order valence-electron chi connectivity index (χ3n) is 2.70. The first-order chi connectivity index (χ1) is 10.1. The molecule has 0 bridgehead atoms. The number of anilines is 2. The summed E-state index contributed by atoms with van der Waals surface area (Å²) >= 11 is 1.22. The number of nitrogens with zero attached hydrogens (tertiary/aromatic N) is 3. The number of nitrogens with two attached hydrogens (primary N) is 1. The van der Waals surface area contributed by atoms with E-state index in [1.165, 1.54) is 11.8 Å². The molecular formula is C13H14N6OS. The van der Waals surface area contributed by atoms with Crippen molar-refractivity contribution in [1.82, 2.24) is 15.2 Å². The number of aromatic amines is 1. The van der Waals surface area contributed by atoms with Gasteiger partial charge in [-0.15, -0.1) is 5.10 Å². The lowest BCUT2D eigenvalue weighted by Crippen LogP contribution is -2.25. The highest BCUT2D eigenvalue weighted by molar-refractivity contribution is 8.00. The fraction of sp³-hybridized carbons (Fsp3) is 0.231.